The Morgan fingerprint density at radius 2 is 1.83 bits per heavy atom. The Kier molecular flexibility index (Phi) is 8.55. The molecule has 9 heteroatoms. The molecule has 1 saturated heterocycles. The molecule has 1 amide bonds. The average molecular weight is 432 g/mol. The fourth-order valence-electron chi connectivity index (χ4n) is 3.25. The molecule has 5 nitrogen and oxygen atoms in total. The zero-order chi connectivity index (χ0) is 20.0. The largest absolute Gasteiger partial charge is 0.461 e. The Balaban J connectivity index is 0.00000300. The molecule has 2 heterocycles. The number of piperazine rings is 1. The lowest BCUT2D eigenvalue weighted by Gasteiger charge is -2.35. The molecule has 3 rings (SSSR count). The molecule has 0 radical (unpaired) electrons. The monoisotopic (exact) mass is 431 g/mol. The van der Waals surface area contributed by atoms with Crippen LogP contribution < -0.4 is 10.6 Å². The van der Waals surface area contributed by atoms with Crippen molar-refractivity contribution in [1.82, 2.24) is 15.5 Å². The number of carbonyl (C=O) groups is 1. The summed E-state index contributed by atoms with van der Waals surface area (Å²) < 4.78 is 45.7. The molecule has 0 spiro atoms. The lowest BCUT2D eigenvalue weighted by atomic mass is 10.2. The highest BCUT2D eigenvalue weighted by Crippen LogP contribution is 2.25. The van der Waals surface area contributed by atoms with E-state index in [2.05, 4.69) is 10.6 Å². The van der Waals surface area contributed by atoms with Gasteiger partial charge in [0, 0.05) is 51.1 Å². The number of hydrogen-bond acceptors (Lipinski definition) is 4. The summed E-state index contributed by atoms with van der Waals surface area (Å²) >= 11 is 0. The van der Waals surface area contributed by atoms with Gasteiger partial charge in [-0.25, -0.2) is 0 Å². The summed E-state index contributed by atoms with van der Waals surface area (Å²) in [5, 5.41) is 5.46. The van der Waals surface area contributed by atoms with Crippen LogP contribution in [-0.4, -0.2) is 55.7 Å². The highest BCUT2D eigenvalue weighted by Gasteiger charge is 2.43. The molecule has 1 atom stereocenters. The van der Waals surface area contributed by atoms with Crippen molar-refractivity contribution in [2.45, 2.75) is 25.1 Å². The summed E-state index contributed by atoms with van der Waals surface area (Å²) in [4.78, 5) is 13.4. The third-order valence-electron chi connectivity index (χ3n) is 4.78. The van der Waals surface area contributed by atoms with Crippen molar-refractivity contribution in [3.8, 4) is 11.3 Å². The van der Waals surface area contributed by atoms with Crippen LogP contribution in [-0.2, 0) is 11.2 Å². The molecule has 0 bridgehead atoms. The first kappa shape index (κ1) is 23.3. The van der Waals surface area contributed by atoms with E-state index in [1.54, 1.807) is 6.07 Å². The third-order valence-corrected chi connectivity index (χ3v) is 4.78. The first-order chi connectivity index (χ1) is 13.4. The number of nitrogens with one attached hydrogen (secondary N) is 2. The maximum atomic E-state index is 13.3. The maximum Gasteiger partial charge on any atom is 0.405 e. The van der Waals surface area contributed by atoms with Crippen molar-refractivity contribution in [1.29, 1.82) is 0 Å². The van der Waals surface area contributed by atoms with Crippen LogP contribution >= 0.6 is 12.4 Å². The zero-order valence-electron chi connectivity index (χ0n) is 15.9. The Morgan fingerprint density at radius 3 is 2.48 bits per heavy atom. The van der Waals surface area contributed by atoms with E-state index < -0.39 is 24.7 Å². The number of amides is 1. The topological polar surface area (TPSA) is 57.5 Å². The molecule has 1 aliphatic rings. The Morgan fingerprint density at radius 1 is 1.14 bits per heavy atom. The van der Waals surface area contributed by atoms with Gasteiger partial charge in [-0.2, -0.15) is 13.2 Å². The minimum Gasteiger partial charge on any atom is -0.461 e. The van der Waals surface area contributed by atoms with Crippen LogP contribution in [0.1, 0.15) is 12.2 Å². The average Bonchev–Trinajstić information content (AvgIpc) is 3.16. The van der Waals surface area contributed by atoms with E-state index in [0.717, 1.165) is 5.56 Å². The molecule has 2 N–H and O–H groups in total. The van der Waals surface area contributed by atoms with E-state index in [-0.39, 0.29) is 18.8 Å². The fourth-order valence-corrected chi connectivity index (χ4v) is 3.25. The van der Waals surface area contributed by atoms with E-state index >= 15 is 0 Å². The molecule has 1 aromatic heterocycles. The van der Waals surface area contributed by atoms with Gasteiger partial charge in [-0.1, -0.05) is 30.3 Å². The normalized spacial score (nSPS) is 16.1. The molecule has 1 aliphatic heterocycles. The standard InChI is InChI=1S/C20H24F3N3O2.ClH/c21-20(22,23)18(26-12-10-24-11-13-26)14-25-19(27)9-7-16-6-8-17(28-16)15-4-2-1-3-5-15;/h1-6,8,18,24H,7,9-14H2,(H,25,27);1H. The van der Waals surface area contributed by atoms with Crippen LogP contribution in [0.5, 0.6) is 0 Å². The molecule has 2 aromatic rings. The zero-order valence-corrected chi connectivity index (χ0v) is 16.7. The lowest BCUT2D eigenvalue weighted by Crippen LogP contribution is -2.57. The number of hydrogen-bond donors (Lipinski definition) is 2. The van der Waals surface area contributed by atoms with Crippen LogP contribution in [0.3, 0.4) is 0 Å². The van der Waals surface area contributed by atoms with Gasteiger partial charge in [-0.3, -0.25) is 9.69 Å². The summed E-state index contributed by atoms with van der Waals surface area (Å²) in [6.07, 6.45) is -3.97. The maximum absolute atomic E-state index is 13.3. The van der Waals surface area contributed by atoms with E-state index in [0.29, 0.717) is 44.1 Å². The van der Waals surface area contributed by atoms with Gasteiger partial charge in [-0.05, 0) is 12.1 Å². The van der Waals surface area contributed by atoms with Crippen molar-refractivity contribution in [2.75, 3.05) is 32.7 Å². The lowest BCUT2D eigenvalue weighted by molar-refractivity contribution is -0.184. The second kappa shape index (κ2) is 10.7. The van der Waals surface area contributed by atoms with Gasteiger partial charge in [-0.15, -0.1) is 12.4 Å². The first-order valence-electron chi connectivity index (χ1n) is 9.36. The minimum absolute atomic E-state index is 0. The number of benzene rings is 1. The molecule has 160 valence electrons. The Bertz CT molecular complexity index is 762. The highest BCUT2D eigenvalue weighted by molar-refractivity contribution is 5.85. The summed E-state index contributed by atoms with van der Waals surface area (Å²) in [5.41, 5.74) is 0.933. The summed E-state index contributed by atoms with van der Waals surface area (Å²) in [7, 11) is 0. The molecule has 1 unspecified atom stereocenters. The van der Waals surface area contributed by atoms with Gasteiger partial charge in [0.15, 0.2) is 0 Å². The van der Waals surface area contributed by atoms with Gasteiger partial charge >= 0.3 is 6.18 Å². The highest BCUT2D eigenvalue weighted by atomic mass is 35.5. The predicted octanol–water partition coefficient (Wildman–Crippen LogP) is 3.25. The molecule has 1 fully saturated rings. The smallest absolute Gasteiger partial charge is 0.405 e. The van der Waals surface area contributed by atoms with Crippen molar-refractivity contribution in [3.05, 3.63) is 48.2 Å². The van der Waals surface area contributed by atoms with Crippen molar-refractivity contribution < 1.29 is 22.4 Å². The van der Waals surface area contributed by atoms with Gasteiger partial charge in [0.1, 0.15) is 17.6 Å². The second-order valence-electron chi connectivity index (χ2n) is 6.78. The summed E-state index contributed by atoms with van der Waals surface area (Å²) in [5.74, 6) is 0.914. The van der Waals surface area contributed by atoms with Crippen LogP contribution in [0, 0.1) is 0 Å². The number of carbonyl (C=O) groups excluding carboxylic acids is 1. The number of rotatable bonds is 7. The summed E-state index contributed by atoms with van der Waals surface area (Å²) in [6, 6.07) is 11.5. The predicted molar refractivity (Wildman–Crippen MR) is 107 cm³/mol. The van der Waals surface area contributed by atoms with Crippen molar-refractivity contribution >= 4 is 18.3 Å². The number of alkyl halides is 3. The summed E-state index contributed by atoms with van der Waals surface area (Å²) in [6.45, 7) is 1.23. The SMILES string of the molecule is Cl.O=C(CCc1ccc(-c2ccccc2)o1)NCC(N1CCNCC1)C(F)(F)F. The number of aryl methyl sites for hydroxylation is 1. The quantitative estimate of drug-likeness (QED) is 0.706. The molecular weight excluding hydrogens is 407 g/mol. The van der Waals surface area contributed by atoms with Crippen LogP contribution in [0.25, 0.3) is 11.3 Å². The van der Waals surface area contributed by atoms with Gasteiger partial charge in [0.05, 0.1) is 0 Å². The van der Waals surface area contributed by atoms with Gasteiger partial charge in [0.2, 0.25) is 5.91 Å². The van der Waals surface area contributed by atoms with Crippen LogP contribution in [0.15, 0.2) is 46.9 Å². The Hall–Kier alpha value is -2.03. The fraction of sp³-hybridized carbons (Fsp3) is 0.450. The van der Waals surface area contributed by atoms with Gasteiger partial charge < -0.3 is 15.1 Å². The molecule has 0 saturated carbocycles. The number of halogens is 4. The van der Waals surface area contributed by atoms with Crippen molar-refractivity contribution in [3.63, 3.8) is 0 Å². The second-order valence-corrected chi connectivity index (χ2v) is 6.78. The van der Waals surface area contributed by atoms with E-state index in [9.17, 15) is 18.0 Å². The third kappa shape index (κ3) is 6.76. The number of furan rings is 1. The van der Waals surface area contributed by atoms with E-state index in [1.165, 1.54) is 4.90 Å². The molecular formula is C20H25ClF3N3O2. The van der Waals surface area contributed by atoms with Crippen molar-refractivity contribution in [2.24, 2.45) is 0 Å². The van der Waals surface area contributed by atoms with E-state index in [4.69, 9.17) is 4.42 Å². The van der Waals surface area contributed by atoms with Gasteiger partial charge in [0.25, 0.3) is 0 Å². The van der Waals surface area contributed by atoms with E-state index in [1.807, 2.05) is 36.4 Å². The molecule has 29 heavy (non-hydrogen) atoms. The first-order valence-corrected chi connectivity index (χ1v) is 9.36. The minimum atomic E-state index is -4.38. The van der Waals surface area contributed by atoms with Crippen LogP contribution in [0.4, 0.5) is 13.2 Å². The number of nitrogens with zero attached hydrogens (tertiary/aromatic N) is 1. The Labute approximate surface area is 174 Å². The molecule has 1 aromatic carbocycles. The van der Waals surface area contributed by atoms with Crippen LogP contribution in [0.2, 0.25) is 0 Å². The molecule has 0 aliphatic carbocycles.